The average Bonchev–Trinajstić information content (AvgIpc) is 3.34. The van der Waals surface area contributed by atoms with Gasteiger partial charge in [-0.1, -0.05) is 13.0 Å². The maximum atomic E-state index is 12.8. The molecule has 0 saturated heterocycles. The van der Waals surface area contributed by atoms with Crippen LogP contribution in [0.1, 0.15) is 57.8 Å². The van der Waals surface area contributed by atoms with E-state index in [1.807, 2.05) is 30.1 Å². The molecule has 1 N–H and O–H groups in total. The van der Waals surface area contributed by atoms with E-state index in [2.05, 4.69) is 44.5 Å². The summed E-state index contributed by atoms with van der Waals surface area (Å²) in [6, 6.07) is 4.09. The van der Waals surface area contributed by atoms with Crippen molar-refractivity contribution in [3.05, 3.63) is 63.1 Å². The minimum Gasteiger partial charge on any atom is -0.342 e. The summed E-state index contributed by atoms with van der Waals surface area (Å²) >= 11 is 1.67. The number of amides is 1. The number of nitrogens with one attached hydrogen (secondary N) is 1. The molecular formula is C21H26N6OS. The van der Waals surface area contributed by atoms with Gasteiger partial charge < -0.3 is 9.88 Å². The van der Waals surface area contributed by atoms with Crippen LogP contribution in [0.5, 0.6) is 0 Å². The van der Waals surface area contributed by atoms with Gasteiger partial charge in [-0.3, -0.25) is 14.7 Å². The van der Waals surface area contributed by atoms with E-state index in [4.69, 9.17) is 0 Å². The normalized spacial score (nSPS) is 15.1. The zero-order chi connectivity index (χ0) is 20.4. The number of hydrogen-bond donors (Lipinski definition) is 1. The molecule has 0 fully saturated rings. The van der Waals surface area contributed by atoms with E-state index >= 15 is 0 Å². The van der Waals surface area contributed by atoms with Crippen LogP contribution in [0.25, 0.3) is 0 Å². The van der Waals surface area contributed by atoms with Crippen LogP contribution < -0.4 is 5.32 Å². The van der Waals surface area contributed by atoms with E-state index in [1.54, 1.807) is 17.7 Å². The Kier molecular flexibility index (Phi) is 5.73. The second-order valence-electron chi connectivity index (χ2n) is 7.52. The van der Waals surface area contributed by atoms with E-state index in [9.17, 15) is 4.79 Å². The fourth-order valence-electron chi connectivity index (χ4n) is 3.72. The van der Waals surface area contributed by atoms with Gasteiger partial charge in [-0.05, 0) is 37.0 Å². The number of thiophene rings is 1. The Morgan fingerprint density at radius 1 is 1.38 bits per heavy atom. The third-order valence-corrected chi connectivity index (χ3v) is 6.45. The molecule has 0 aliphatic carbocycles. The van der Waals surface area contributed by atoms with Crippen molar-refractivity contribution in [3.8, 4) is 0 Å². The molecule has 0 saturated carbocycles. The second-order valence-corrected chi connectivity index (χ2v) is 8.48. The number of aryl methyl sites for hydroxylation is 2. The maximum Gasteiger partial charge on any atom is 0.252 e. The molecule has 0 radical (unpaired) electrons. The molecule has 8 heteroatoms. The summed E-state index contributed by atoms with van der Waals surface area (Å²) in [5.41, 5.74) is 4.34. The van der Waals surface area contributed by atoms with Gasteiger partial charge >= 0.3 is 0 Å². The largest absolute Gasteiger partial charge is 0.342 e. The van der Waals surface area contributed by atoms with Gasteiger partial charge in [0.25, 0.3) is 5.91 Å². The summed E-state index contributed by atoms with van der Waals surface area (Å²) in [7, 11) is 1.88. The first kappa shape index (κ1) is 19.7. The van der Waals surface area contributed by atoms with Crippen LogP contribution in [0.4, 0.5) is 0 Å². The molecule has 1 amide bonds. The minimum absolute atomic E-state index is 0.0386. The van der Waals surface area contributed by atoms with Gasteiger partial charge in [0.15, 0.2) is 5.82 Å². The van der Waals surface area contributed by atoms with Gasteiger partial charge in [-0.2, -0.15) is 0 Å². The van der Waals surface area contributed by atoms with Crippen molar-refractivity contribution in [2.45, 2.75) is 45.8 Å². The topological polar surface area (TPSA) is 75.9 Å². The van der Waals surface area contributed by atoms with Gasteiger partial charge in [0.05, 0.1) is 17.3 Å². The van der Waals surface area contributed by atoms with Crippen LogP contribution in [0.15, 0.2) is 30.0 Å². The lowest BCUT2D eigenvalue weighted by Gasteiger charge is -2.27. The summed E-state index contributed by atoms with van der Waals surface area (Å²) in [5, 5.41) is 13.0. The molecule has 7 nitrogen and oxygen atoms in total. The molecule has 152 valence electrons. The van der Waals surface area contributed by atoms with Gasteiger partial charge in [0.2, 0.25) is 0 Å². The molecule has 1 aliphatic rings. The third-order valence-electron chi connectivity index (χ3n) is 5.43. The smallest absolute Gasteiger partial charge is 0.252 e. The molecule has 0 spiro atoms. The molecule has 1 atom stereocenters. The quantitative estimate of drug-likeness (QED) is 0.676. The Hall–Kier alpha value is -2.58. The molecule has 4 rings (SSSR count). The summed E-state index contributed by atoms with van der Waals surface area (Å²) in [5.74, 6) is 0.707. The Labute approximate surface area is 174 Å². The van der Waals surface area contributed by atoms with Crippen LogP contribution in [-0.4, -0.2) is 37.1 Å². The fraction of sp³-hybridized carbons (Fsp3) is 0.429. The van der Waals surface area contributed by atoms with E-state index in [0.717, 1.165) is 49.6 Å². The SMILES string of the molecule is CCc1ccc(CN2CCc3c(C(=O)N[C@@H](C)c4nncn4C)csc3C2)nc1. The lowest BCUT2D eigenvalue weighted by Crippen LogP contribution is -2.32. The Morgan fingerprint density at radius 3 is 2.93 bits per heavy atom. The minimum atomic E-state index is -0.192. The summed E-state index contributed by atoms with van der Waals surface area (Å²) in [6.07, 6.45) is 5.50. The predicted octanol–water partition coefficient (Wildman–Crippen LogP) is 2.88. The number of nitrogens with zero attached hydrogens (tertiary/aromatic N) is 5. The number of carbonyl (C=O) groups is 1. The monoisotopic (exact) mass is 410 g/mol. The van der Waals surface area contributed by atoms with E-state index in [1.165, 1.54) is 16.0 Å². The first-order chi connectivity index (χ1) is 14.0. The Bertz CT molecular complexity index is 993. The van der Waals surface area contributed by atoms with Gasteiger partial charge in [0, 0.05) is 43.1 Å². The molecule has 29 heavy (non-hydrogen) atoms. The molecule has 0 unspecified atom stereocenters. The third kappa shape index (κ3) is 4.23. The zero-order valence-corrected chi connectivity index (χ0v) is 17.9. The van der Waals surface area contributed by atoms with E-state index < -0.39 is 0 Å². The molecule has 3 aromatic rings. The fourth-order valence-corrected chi connectivity index (χ4v) is 4.84. The zero-order valence-electron chi connectivity index (χ0n) is 17.1. The van der Waals surface area contributed by atoms with Crippen LogP contribution in [0, 0.1) is 0 Å². The van der Waals surface area contributed by atoms with Crippen molar-refractivity contribution < 1.29 is 4.79 Å². The highest BCUT2D eigenvalue weighted by Gasteiger charge is 2.25. The summed E-state index contributed by atoms with van der Waals surface area (Å²) in [6.45, 7) is 6.70. The number of carbonyl (C=O) groups excluding carboxylic acids is 1. The van der Waals surface area contributed by atoms with Crippen LogP contribution in [0.3, 0.4) is 0 Å². The molecular weight excluding hydrogens is 384 g/mol. The number of hydrogen-bond acceptors (Lipinski definition) is 6. The van der Waals surface area contributed by atoms with Gasteiger partial charge in [-0.25, -0.2) is 0 Å². The lowest BCUT2D eigenvalue weighted by molar-refractivity contribution is 0.0936. The molecule has 0 aromatic carbocycles. The van der Waals surface area contributed by atoms with Crippen LogP contribution in [0.2, 0.25) is 0 Å². The van der Waals surface area contributed by atoms with Crippen molar-refractivity contribution >= 4 is 17.2 Å². The second kappa shape index (κ2) is 8.42. The summed E-state index contributed by atoms with van der Waals surface area (Å²) < 4.78 is 1.83. The van der Waals surface area contributed by atoms with Gasteiger partial charge in [-0.15, -0.1) is 21.5 Å². The lowest BCUT2D eigenvalue weighted by atomic mass is 10.0. The average molecular weight is 411 g/mol. The highest BCUT2D eigenvalue weighted by Crippen LogP contribution is 2.29. The first-order valence-corrected chi connectivity index (χ1v) is 10.8. The standard InChI is InChI=1S/C21H26N6OS/c1-4-15-5-6-16(22-9-15)10-27-8-7-17-18(12-29-19(17)11-27)21(28)24-14(2)20-25-23-13-26(20)3/h5-6,9,12-14H,4,7-8,10-11H2,1-3H3,(H,24,28)/t14-/m0/s1. The predicted molar refractivity (Wildman–Crippen MR) is 113 cm³/mol. The van der Waals surface area contributed by atoms with Crippen molar-refractivity contribution in [2.75, 3.05) is 6.54 Å². The van der Waals surface area contributed by atoms with Crippen molar-refractivity contribution in [3.63, 3.8) is 0 Å². The van der Waals surface area contributed by atoms with Crippen molar-refractivity contribution in [1.29, 1.82) is 0 Å². The molecule has 3 aromatic heterocycles. The van der Waals surface area contributed by atoms with Crippen LogP contribution in [-0.2, 0) is 33.0 Å². The summed E-state index contributed by atoms with van der Waals surface area (Å²) in [4.78, 5) is 21.1. The Morgan fingerprint density at radius 2 is 2.24 bits per heavy atom. The van der Waals surface area contributed by atoms with Crippen molar-refractivity contribution in [1.82, 2.24) is 30.0 Å². The van der Waals surface area contributed by atoms with Crippen molar-refractivity contribution in [2.24, 2.45) is 7.05 Å². The molecule has 1 aliphatic heterocycles. The van der Waals surface area contributed by atoms with E-state index in [-0.39, 0.29) is 11.9 Å². The van der Waals surface area contributed by atoms with Gasteiger partial charge in [0.1, 0.15) is 6.33 Å². The number of pyridine rings is 1. The van der Waals surface area contributed by atoms with Crippen LogP contribution >= 0.6 is 11.3 Å². The Balaban J connectivity index is 1.41. The number of fused-ring (bicyclic) bond motifs is 1. The highest BCUT2D eigenvalue weighted by molar-refractivity contribution is 7.10. The first-order valence-electron chi connectivity index (χ1n) is 9.95. The maximum absolute atomic E-state index is 12.8. The van der Waals surface area contributed by atoms with E-state index in [0.29, 0.717) is 0 Å². The molecule has 4 heterocycles. The number of aromatic nitrogens is 4. The highest BCUT2D eigenvalue weighted by atomic mass is 32.1. The number of rotatable bonds is 6. The molecule has 0 bridgehead atoms.